The zero-order valence-electron chi connectivity index (χ0n) is 31.9. The van der Waals surface area contributed by atoms with E-state index in [-0.39, 0.29) is 0 Å². The highest BCUT2D eigenvalue weighted by Gasteiger charge is 2.18. The van der Waals surface area contributed by atoms with Gasteiger partial charge in [-0.05, 0) is 146 Å². The van der Waals surface area contributed by atoms with Gasteiger partial charge in [0.1, 0.15) is 0 Å². The number of nitrogens with zero attached hydrogens (tertiary/aromatic N) is 2. The number of unbranched alkanes of at least 4 members (excludes halogenated alkanes) is 2. The number of hydrogen-bond donors (Lipinski definition) is 1. The molecule has 0 fully saturated rings. The number of fused-ring (bicyclic) bond motifs is 5. The minimum atomic E-state index is 0.865. The Labute approximate surface area is 329 Å². The lowest BCUT2D eigenvalue weighted by Crippen LogP contribution is -2.09. The lowest BCUT2D eigenvalue weighted by molar-refractivity contribution is 0.718. The Bertz CT molecular complexity index is 2920. The highest BCUT2D eigenvalue weighted by atomic mass is 15.0. The number of rotatable bonds is 9. The minimum Gasteiger partial charge on any atom is -0.387 e. The molecule has 0 radical (unpaired) electrons. The highest BCUT2D eigenvalue weighted by Crippen LogP contribution is 2.41. The number of allylic oxidation sites excluding steroid dienone is 6. The first kappa shape index (κ1) is 34.1. The van der Waals surface area contributed by atoms with Crippen molar-refractivity contribution >= 4 is 54.6 Å². The maximum absolute atomic E-state index is 4.52. The maximum Gasteiger partial charge on any atom is 0.0568 e. The Morgan fingerprint density at radius 1 is 0.661 bits per heavy atom. The number of nitrogens with one attached hydrogen (secondary N) is 1. The predicted molar refractivity (Wildman–Crippen MR) is 240 cm³/mol. The fraction of sp³-hybridized carbons (Fsp3) is 0.151. The molecule has 2 aliphatic rings. The highest BCUT2D eigenvalue weighted by molar-refractivity contribution is 6.11. The Kier molecular flexibility index (Phi) is 8.92. The summed E-state index contributed by atoms with van der Waals surface area (Å²) in [4.78, 5) is 4.52. The third kappa shape index (κ3) is 6.14. The van der Waals surface area contributed by atoms with Gasteiger partial charge in [-0.2, -0.15) is 0 Å². The molecule has 0 atom stereocenters. The molecule has 3 heterocycles. The van der Waals surface area contributed by atoms with Gasteiger partial charge in [0, 0.05) is 41.6 Å². The normalized spacial score (nSPS) is 14.1. The van der Waals surface area contributed by atoms with Crippen LogP contribution in [0.5, 0.6) is 0 Å². The van der Waals surface area contributed by atoms with E-state index in [9.17, 15) is 0 Å². The van der Waals surface area contributed by atoms with Crippen molar-refractivity contribution in [3.63, 3.8) is 0 Å². The minimum absolute atomic E-state index is 0.865. The fourth-order valence-corrected chi connectivity index (χ4v) is 8.98. The van der Waals surface area contributed by atoms with Crippen molar-refractivity contribution in [2.45, 2.75) is 45.4 Å². The maximum atomic E-state index is 4.52. The van der Waals surface area contributed by atoms with Gasteiger partial charge in [-0.15, -0.1) is 0 Å². The van der Waals surface area contributed by atoms with E-state index >= 15 is 0 Å². The van der Waals surface area contributed by atoms with Gasteiger partial charge in [-0.3, -0.25) is 4.98 Å². The number of pyridine rings is 1. The van der Waals surface area contributed by atoms with Crippen molar-refractivity contribution in [1.29, 1.82) is 0 Å². The molecule has 1 aliphatic carbocycles. The lowest BCUT2D eigenvalue weighted by Gasteiger charge is -2.20. The topological polar surface area (TPSA) is 29.9 Å². The molecule has 3 heteroatoms. The van der Waals surface area contributed by atoms with Crippen LogP contribution in [0.2, 0.25) is 0 Å². The molecule has 1 N–H and O–H groups in total. The molecule has 0 amide bonds. The largest absolute Gasteiger partial charge is 0.387 e. The summed E-state index contributed by atoms with van der Waals surface area (Å²) in [6.07, 6.45) is 24.1. The Hall–Kier alpha value is -6.45. The molecule has 1 aliphatic heterocycles. The second-order valence-corrected chi connectivity index (χ2v) is 15.3. The summed E-state index contributed by atoms with van der Waals surface area (Å²) < 4.78 is 2.42. The van der Waals surface area contributed by atoms with E-state index in [1.807, 2.05) is 12.4 Å². The van der Waals surface area contributed by atoms with Crippen LogP contribution < -0.4 is 5.32 Å². The molecule has 2 aromatic heterocycles. The predicted octanol–water partition coefficient (Wildman–Crippen LogP) is 13.9. The van der Waals surface area contributed by atoms with E-state index in [2.05, 4.69) is 174 Å². The summed E-state index contributed by atoms with van der Waals surface area (Å²) in [5.41, 5.74) is 15.3. The van der Waals surface area contributed by atoms with Gasteiger partial charge in [-0.1, -0.05) is 117 Å². The molecule has 272 valence electrons. The summed E-state index contributed by atoms with van der Waals surface area (Å²) in [6.45, 7) is 3.15. The van der Waals surface area contributed by atoms with Crippen LogP contribution in [-0.4, -0.2) is 16.1 Å². The van der Waals surface area contributed by atoms with E-state index < -0.39 is 0 Å². The molecule has 3 nitrogen and oxygen atoms in total. The molecule has 8 aromatic rings. The number of benzene rings is 6. The van der Waals surface area contributed by atoms with E-state index in [0.717, 1.165) is 25.8 Å². The number of aromatic nitrogens is 2. The number of aryl methyl sites for hydroxylation is 1. The van der Waals surface area contributed by atoms with Crippen LogP contribution in [0.1, 0.15) is 50.2 Å². The van der Waals surface area contributed by atoms with Gasteiger partial charge >= 0.3 is 0 Å². The van der Waals surface area contributed by atoms with Crippen LogP contribution >= 0.6 is 0 Å². The van der Waals surface area contributed by atoms with Crippen molar-refractivity contribution in [1.82, 2.24) is 14.9 Å². The molecule has 0 unspecified atom stereocenters. The molecular weight excluding hydrogens is 679 g/mol. The van der Waals surface area contributed by atoms with Gasteiger partial charge in [0.05, 0.1) is 11.0 Å². The van der Waals surface area contributed by atoms with E-state index in [4.69, 9.17) is 0 Å². The average molecular weight is 724 g/mol. The summed E-state index contributed by atoms with van der Waals surface area (Å²) in [5, 5.41) is 11.0. The molecule has 6 aromatic carbocycles. The van der Waals surface area contributed by atoms with E-state index in [1.54, 1.807) is 0 Å². The van der Waals surface area contributed by atoms with Crippen molar-refractivity contribution in [2.75, 3.05) is 6.54 Å². The molecule has 0 saturated heterocycles. The van der Waals surface area contributed by atoms with Crippen LogP contribution in [0.4, 0.5) is 0 Å². The van der Waals surface area contributed by atoms with Crippen molar-refractivity contribution < 1.29 is 0 Å². The average Bonchev–Trinajstić information content (AvgIpc) is 3.60. The quantitative estimate of drug-likeness (QED) is 0.150. The van der Waals surface area contributed by atoms with Gasteiger partial charge in [-0.25, -0.2) is 0 Å². The van der Waals surface area contributed by atoms with Crippen LogP contribution in [0, 0.1) is 0 Å². The zero-order chi connectivity index (χ0) is 37.4. The summed E-state index contributed by atoms with van der Waals surface area (Å²) in [5.74, 6) is 0. The Morgan fingerprint density at radius 2 is 1.41 bits per heavy atom. The second kappa shape index (κ2) is 14.7. The molecule has 0 bridgehead atoms. The van der Waals surface area contributed by atoms with E-state index in [1.165, 1.54) is 118 Å². The monoisotopic (exact) mass is 723 g/mol. The first-order valence-electron chi connectivity index (χ1n) is 20.3. The Balaban J connectivity index is 1.05. The second-order valence-electron chi connectivity index (χ2n) is 15.3. The SMILES string of the molecule is CCCCCc1cc(C2=CNCC=C2)c2cc(-c3ccc4cc(-c5ccc6c(c5)c5cnccc5n6C5=CC=CCC5)ccc4c3)ccc2c1-c1ccccc1. The van der Waals surface area contributed by atoms with Crippen LogP contribution in [0.3, 0.4) is 0 Å². The van der Waals surface area contributed by atoms with Gasteiger partial charge in [0.15, 0.2) is 0 Å². The first-order chi connectivity index (χ1) is 27.7. The number of hydrogen-bond acceptors (Lipinski definition) is 2. The van der Waals surface area contributed by atoms with Gasteiger partial charge < -0.3 is 9.88 Å². The molecule has 56 heavy (non-hydrogen) atoms. The van der Waals surface area contributed by atoms with Gasteiger partial charge in [0.2, 0.25) is 0 Å². The number of dihydropyridines is 1. The van der Waals surface area contributed by atoms with Crippen LogP contribution in [0.15, 0.2) is 164 Å². The summed E-state index contributed by atoms with van der Waals surface area (Å²) in [7, 11) is 0. The standard InChI is InChI=1S/C53H45N3/c1-2-3-6-14-43-33-47(44-15-11-27-54-34-44)48-31-41(22-24-46(48)53(43)36-12-7-4-8-13-36)39-20-18-38-30-40(21-19-37(38)29-39)42-23-25-51-49(32-42)50-35-55-28-26-52(50)56(51)45-16-9-5-10-17-45/h4-5,7-9,11-13,15-16,18-26,28-35,54H,2-3,6,10,14,17,27H2,1H3. The van der Waals surface area contributed by atoms with Gasteiger partial charge in [0.25, 0.3) is 0 Å². The van der Waals surface area contributed by atoms with Crippen LogP contribution in [-0.2, 0) is 6.42 Å². The lowest BCUT2D eigenvalue weighted by atomic mass is 9.85. The van der Waals surface area contributed by atoms with E-state index in [0.29, 0.717) is 0 Å². The smallest absolute Gasteiger partial charge is 0.0568 e. The Morgan fingerprint density at radius 3 is 2.16 bits per heavy atom. The third-order valence-corrected chi connectivity index (χ3v) is 11.8. The van der Waals surface area contributed by atoms with Crippen molar-refractivity contribution in [3.05, 3.63) is 175 Å². The van der Waals surface area contributed by atoms with Crippen LogP contribution in [0.25, 0.3) is 88.0 Å². The zero-order valence-corrected chi connectivity index (χ0v) is 31.9. The molecule has 0 spiro atoms. The third-order valence-electron chi connectivity index (χ3n) is 11.8. The first-order valence-corrected chi connectivity index (χ1v) is 20.3. The summed E-state index contributed by atoms with van der Waals surface area (Å²) >= 11 is 0. The van der Waals surface area contributed by atoms with Crippen molar-refractivity contribution in [3.8, 4) is 33.4 Å². The fourth-order valence-electron chi connectivity index (χ4n) is 8.98. The van der Waals surface area contributed by atoms with Crippen molar-refractivity contribution in [2.24, 2.45) is 0 Å². The summed E-state index contributed by atoms with van der Waals surface area (Å²) in [6, 6.07) is 43.5. The molecular formula is C53H45N3. The molecule has 10 rings (SSSR count). The molecule has 0 saturated carbocycles.